The lowest BCUT2D eigenvalue weighted by atomic mass is 10.1. The van der Waals surface area contributed by atoms with Gasteiger partial charge in [-0.25, -0.2) is 17.9 Å². The van der Waals surface area contributed by atoms with Gasteiger partial charge >= 0.3 is 0 Å². The van der Waals surface area contributed by atoms with Gasteiger partial charge in [-0.3, -0.25) is 0 Å². The minimum atomic E-state index is -3.88. The maximum absolute atomic E-state index is 13.8. The average molecular weight is 294 g/mol. The minimum Gasteiger partial charge on any atom is -0.379 e. The highest BCUT2D eigenvalue weighted by atomic mass is 32.2. The van der Waals surface area contributed by atoms with E-state index in [9.17, 15) is 12.8 Å². The molecule has 0 aromatic heterocycles. The van der Waals surface area contributed by atoms with Gasteiger partial charge in [0, 0.05) is 6.54 Å². The first kappa shape index (κ1) is 14.5. The number of halogens is 1. The first-order valence-electron chi connectivity index (χ1n) is 5.98. The van der Waals surface area contributed by atoms with Crippen molar-refractivity contribution in [1.82, 2.24) is 0 Å². The number of rotatable bonds is 4. The summed E-state index contributed by atoms with van der Waals surface area (Å²) in [4.78, 5) is -0.240. The molecular weight excluding hydrogens is 279 g/mol. The molecule has 2 rings (SSSR count). The van der Waals surface area contributed by atoms with Gasteiger partial charge in [0.05, 0.1) is 10.6 Å². The third kappa shape index (κ3) is 3.55. The van der Waals surface area contributed by atoms with Crippen LogP contribution in [0.15, 0.2) is 47.4 Å². The molecule has 0 aliphatic heterocycles. The predicted octanol–water partition coefficient (Wildman–Crippen LogP) is 2.39. The Labute approximate surface area is 117 Å². The van der Waals surface area contributed by atoms with Gasteiger partial charge in [-0.2, -0.15) is 0 Å². The van der Waals surface area contributed by atoms with Gasteiger partial charge in [-0.1, -0.05) is 29.8 Å². The molecular formula is C14H15FN2O2S. The molecule has 0 aliphatic carbocycles. The Morgan fingerprint density at radius 2 is 1.80 bits per heavy atom. The summed E-state index contributed by atoms with van der Waals surface area (Å²) in [6.45, 7) is 2.44. The maximum atomic E-state index is 13.8. The van der Waals surface area contributed by atoms with E-state index in [4.69, 9.17) is 5.14 Å². The van der Waals surface area contributed by atoms with Crippen LogP contribution in [0.4, 0.5) is 10.1 Å². The summed E-state index contributed by atoms with van der Waals surface area (Å²) < 4.78 is 36.0. The van der Waals surface area contributed by atoms with Crippen molar-refractivity contribution in [2.24, 2.45) is 5.14 Å². The lowest BCUT2D eigenvalue weighted by molar-refractivity contribution is 0.593. The summed E-state index contributed by atoms with van der Waals surface area (Å²) in [5.41, 5.74) is 2.39. The molecule has 0 fully saturated rings. The van der Waals surface area contributed by atoms with Crippen LogP contribution in [0.1, 0.15) is 11.1 Å². The second kappa shape index (κ2) is 5.60. The highest BCUT2D eigenvalue weighted by molar-refractivity contribution is 7.89. The average Bonchev–Trinajstić information content (AvgIpc) is 2.38. The van der Waals surface area contributed by atoms with E-state index in [2.05, 4.69) is 5.32 Å². The standard InChI is InChI=1S/C14H15FN2O2S/c1-10-2-4-11(5-3-10)9-17-14-7-6-12(8-13(14)15)20(16,18)19/h2-8,17H,9H2,1H3,(H2,16,18,19). The Bertz CT molecular complexity index is 712. The van der Waals surface area contributed by atoms with Crippen LogP contribution in [0.3, 0.4) is 0 Å². The minimum absolute atomic E-state index is 0.234. The van der Waals surface area contributed by atoms with E-state index in [0.717, 1.165) is 17.2 Å². The van der Waals surface area contributed by atoms with Gasteiger partial charge in [0.2, 0.25) is 10.0 Å². The van der Waals surface area contributed by atoms with Gasteiger partial charge in [-0.05, 0) is 30.7 Å². The SMILES string of the molecule is Cc1ccc(CNc2ccc(S(N)(=O)=O)cc2F)cc1. The lowest BCUT2D eigenvalue weighted by Gasteiger charge is -2.09. The third-order valence-corrected chi connectivity index (χ3v) is 3.78. The number of hydrogen-bond acceptors (Lipinski definition) is 3. The molecule has 0 aliphatic rings. The van der Waals surface area contributed by atoms with E-state index in [1.54, 1.807) is 0 Å². The molecule has 0 saturated heterocycles. The fourth-order valence-electron chi connectivity index (χ4n) is 1.72. The van der Waals surface area contributed by atoms with Crippen molar-refractivity contribution in [3.8, 4) is 0 Å². The fraction of sp³-hybridized carbons (Fsp3) is 0.143. The van der Waals surface area contributed by atoms with Crippen molar-refractivity contribution in [2.75, 3.05) is 5.32 Å². The van der Waals surface area contributed by atoms with E-state index in [1.165, 1.54) is 12.1 Å². The van der Waals surface area contributed by atoms with Gasteiger partial charge < -0.3 is 5.32 Å². The molecule has 0 spiro atoms. The van der Waals surface area contributed by atoms with Crippen LogP contribution in [-0.2, 0) is 16.6 Å². The molecule has 4 nitrogen and oxygen atoms in total. The number of hydrogen-bond donors (Lipinski definition) is 2. The number of nitrogens with two attached hydrogens (primary N) is 1. The van der Waals surface area contributed by atoms with Crippen LogP contribution in [0.2, 0.25) is 0 Å². The zero-order valence-electron chi connectivity index (χ0n) is 10.9. The number of anilines is 1. The number of sulfonamides is 1. The quantitative estimate of drug-likeness (QED) is 0.909. The van der Waals surface area contributed by atoms with Gasteiger partial charge in [-0.15, -0.1) is 0 Å². The van der Waals surface area contributed by atoms with E-state index in [0.29, 0.717) is 6.54 Å². The second-order valence-corrected chi connectivity index (χ2v) is 6.09. The molecule has 0 atom stereocenters. The van der Waals surface area contributed by atoms with E-state index in [1.807, 2.05) is 31.2 Å². The number of benzene rings is 2. The fourth-order valence-corrected chi connectivity index (χ4v) is 2.24. The van der Waals surface area contributed by atoms with E-state index >= 15 is 0 Å². The number of primary sulfonamides is 1. The molecule has 2 aromatic rings. The van der Waals surface area contributed by atoms with Gasteiger partial charge in [0.25, 0.3) is 0 Å². The largest absolute Gasteiger partial charge is 0.379 e. The van der Waals surface area contributed by atoms with Crippen molar-refractivity contribution >= 4 is 15.7 Å². The Morgan fingerprint density at radius 3 is 2.35 bits per heavy atom. The summed E-state index contributed by atoms with van der Waals surface area (Å²) in [5, 5.41) is 7.86. The summed E-state index contributed by atoms with van der Waals surface area (Å²) in [6.07, 6.45) is 0. The van der Waals surface area contributed by atoms with Crippen LogP contribution < -0.4 is 10.5 Å². The molecule has 0 bridgehead atoms. The molecule has 20 heavy (non-hydrogen) atoms. The zero-order valence-corrected chi connectivity index (χ0v) is 11.7. The van der Waals surface area contributed by atoms with E-state index < -0.39 is 15.8 Å². The number of aryl methyl sites for hydroxylation is 1. The molecule has 0 heterocycles. The molecule has 106 valence electrons. The van der Waals surface area contributed by atoms with Crippen molar-refractivity contribution in [3.05, 3.63) is 59.4 Å². The Balaban J connectivity index is 2.12. The number of nitrogens with one attached hydrogen (secondary N) is 1. The smallest absolute Gasteiger partial charge is 0.238 e. The van der Waals surface area contributed by atoms with Crippen LogP contribution in [0.5, 0.6) is 0 Å². The van der Waals surface area contributed by atoms with Crippen LogP contribution in [0.25, 0.3) is 0 Å². The highest BCUT2D eigenvalue weighted by Crippen LogP contribution is 2.19. The summed E-state index contributed by atoms with van der Waals surface area (Å²) >= 11 is 0. The molecule has 0 saturated carbocycles. The predicted molar refractivity (Wildman–Crippen MR) is 76.3 cm³/mol. The lowest BCUT2D eigenvalue weighted by Crippen LogP contribution is -2.12. The first-order chi connectivity index (χ1) is 9.36. The zero-order chi connectivity index (χ0) is 14.8. The van der Waals surface area contributed by atoms with Crippen molar-refractivity contribution < 1.29 is 12.8 Å². The van der Waals surface area contributed by atoms with Crippen molar-refractivity contribution in [2.45, 2.75) is 18.4 Å². The Morgan fingerprint density at radius 1 is 1.15 bits per heavy atom. The summed E-state index contributed by atoms with van der Waals surface area (Å²) in [7, 11) is -3.88. The Hall–Kier alpha value is -1.92. The molecule has 0 radical (unpaired) electrons. The van der Waals surface area contributed by atoms with Crippen molar-refractivity contribution in [3.63, 3.8) is 0 Å². The van der Waals surface area contributed by atoms with Gasteiger partial charge in [0.1, 0.15) is 5.82 Å². The summed E-state index contributed by atoms with van der Waals surface area (Å²) in [6, 6.07) is 11.4. The molecule has 0 unspecified atom stereocenters. The normalized spacial score (nSPS) is 11.3. The van der Waals surface area contributed by atoms with Crippen LogP contribution in [0, 0.1) is 12.7 Å². The Kier molecular flexibility index (Phi) is 4.06. The second-order valence-electron chi connectivity index (χ2n) is 4.53. The van der Waals surface area contributed by atoms with Gasteiger partial charge in [0.15, 0.2) is 0 Å². The van der Waals surface area contributed by atoms with Crippen LogP contribution >= 0.6 is 0 Å². The first-order valence-corrected chi connectivity index (χ1v) is 7.52. The maximum Gasteiger partial charge on any atom is 0.238 e. The molecule has 3 N–H and O–H groups in total. The highest BCUT2D eigenvalue weighted by Gasteiger charge is 2.11. The molecule has 6 heteroatoms. The summed E-state index contributed by atoms with van der Waals surface area (Å²) in [5.74, 6) is -0.649. The van der Waals surface area contributed by atoms with Crippen molar-refractivity contribution in [1.29, 1.82) is 0 Å². The van der Waals surface area contributed by atoms with E-state index in [-0.39, 0.29) is 10.6 Å². The molecule has 2 aromatic carbocycles. The molecule has 0 amide bonds. The topological polar surface area (TPSA) is 72.2 Å². The third-order valence-electron chi connectivity index (χ3n) is 2.87. The monoisotopic (exact) mass is 294 g/mol. The van der Waals surface area contributed by atoms with Crippen LogP contribution in [-0.4, -0.2) is 8.42 Å².